The lowest BCUT2D eigenvalue weighted by Gasteiger charge is -2.19. The first-order valence-electron chi connectivity index (χ1n) is 8.13. The average molecular weight is 413 g/mol. The standard InChI is InChI=1S/C16H19N3O6S2/c1-11-7-15(19-25-11)18-16(20)8-17-13-9-26(21,22)10-14(13)27(23,24)12-5-3-2-4-6-12/h2-7,13-14,17H,8-10H2,1H3,(H,18,19,20)/t13-,14-/m0/s1. The molecule has 2 heterocycles. The number of benzene rings is 1. The molecular formula is C16H19N3O6S2. The molecular weight excluding hydrogens is 394 g/mol. The summed E-state index contributed by atoms with van der Waals surface area (Å²) in [5.41, 5.74) is 0. The third kappa shape index (κ3) is 4.54. The largest absolute Gasteiger partial charge is 0.360 e. The van der Waals surface area contributed by atoms with Crippen molar-refractivity contribution in [2.24, 2.45) is 0 Å². The molecule has 2 atom stereocenters. The van der Waals surface area contributed by atoms with Crippen molar-refractivity contribution >= 4 is 31.4 Å². The van der Waals surface area contributed by atoms with Crippen LogP contribution in [0.25, 0.3) is 0 Å². The van der Waals surface area contributed by atoms with E-state index in [-0.39, 0.29) is 23.0 Å². The van der Waals surface area contributed by atoms with Crippen molar-refractivity contribution < 1.29 is 26.2 Å². The van der Waals surface area contributed by atoms with Crippen LogP contribution in [0.2, 0.25) is 0 Å². The van der Waals surface area contributed by atoms with Crippen molar-refractivity contribution in [3.05, 3.63) is 42.2 Å². The van der Waals surface area contributed by atoms with E-state index in [9.17, 15) is 21.6 Å². The van der Waals surface area contributed by atoms with E-state index in [1.807, 2.05) is 0 Å². The molecule has 0 radical (unpaired) electrons. The molecule has 2 N–H and O–H groups in total. The quantitative estimate of drug-likeness (QED) is 0.683. The number of nitrogens with zero attached hydrogens (tertiary/aromatic N) is 1. The Balaban J connectivity index is 1.72. The third-order valence-corrected chi connectivity index (χ3v) is 8.36. The van der Waals surface area contributed by atoms with Crippen molar-refractivity contribution in [1.82, 2.24) is 10.5 Å². The van der Waals surface area contributed by atoms with E-state index in [0.29, 0.717) is 5.76 Å². The molecule has 2 aromatic rings. The zero-order valence-corrected chi connectivity index (χ0v) is 16.1. The molecule has 1 saturated heterocycles. The molecule has 0 aliphatic carbocycles. The molecule has 0 spiro atoms. The molecule has 11 heteroatoms. The molecule has 0 unspecified atom stereocenters. The SMILES string of the molecule is Cc1cc(NC(=O)CN[C@H]2CS(=O)(=O)C[C@@H]2S(=O)(=O)c2ccccc2)no1. The maximum absolute atomic E-state index is 12.8. The Morgan fingerprint density at radius 1 is 1.26 bits per heavy atom. The minimum Gasteiger partial charge on any atom is -0.360 e. The van der Waals surface area contributed by atoms with Crippen LogP contribution in [0, 0.1) is 6.92 Å². The number of aromatic nitrogens is 1. The number of hydrogen-bond acceptors (Lipinski definition) is 8. The van der Waals surface area contributed by atoms with Crippen LogP contribution < -0.4 is 10.6 Å². The van der Waals surface area contributed by atoms with E-state index in [2.05, 4.69) is 15.8 Å². The topological polar surface area (TPSA) is 135 Å². The number of sulfone groups is 2. The number of hydrogen-bond donors (Lipinski definition) is 2. The fourth-order valence-corrected chi connectivity index (χ4v) is 7.67. The van der Waals surface area contributed by atoms with Gasteiger partial charge in [0.05, 0.1) is 28.2 Å². The number of nitrogens with one attached hydrogen (secondary N) is 2. The fraction of sp³-hybridized carbons (Fsp3) is 0.375. The minimum atomic E-state index is -3.86. The lowest BCUT2D eigenvalue weighted by Crippen LogP contribution is -2.46. The molecule has 0 saturated carbocycles. The van der Waals surface area contributed by atoms with Gasteiger partial charge < -0.3 is 15.2 Å². The van der Waals surface area contributed by atoms with Gasteiger partial charge in [-0.3, -0.25) is 4.79 Å². The van der Waals surface area contributed by atoms with Crippen LogP contribution in [0.1, 0.15) is 5.76 Å². The summed E-state index contributed by atoms with van der Waals surface area (Å²) in [4.78, 5) is 12.1. The predicted molar refractivity (Wildman–Crippen MR) is 97.7 cm³/mol. The highest BCUT2D eigenvalue weighted by molar-refractivity contribution is 7.96. The predicted octanol–water partition coefficient (Wildman–Crippen LogP) is 0.151. The number of rotatable bonds is 6. The smallest absolute Gasteiger partial charge is 0.239 e. The first-order valence-corrected chi connectivity index (χ1v) is 11.5. The van der Waals surface area contributed by atoms with Crippen LogP contribution in [-0.4, -0.2) is 57.2 Å². The third-order valence-electron chi connectivity index (χ3n) is 4.19. The maximum Gasteiger partial charge on any atom is 0.239 e. The Bertz CT molecular complexity index is 1030. The average Bonchev–Trinajstić information content (AvgIpc) is 3.16. The Morgan fingerprint density at radius 3 is 2.59 bits per heavy atom. The van der Waals surface area contributed by atoms with Crippen molar-refractivity contribution in [1.29, 1.82) is 0 Å². The van der Waals surface area contributed by atoms with E-state index in [0.717, 1.165) is 0 Å². The van der Waals surface area contributed by atoms with E-state index >= 15 is 0 Å². The highest BCUT2D eigenvalue weighted by Crippen LogP contribution is 2.25. The van der Waals surface area contributed by atoms with Crippen LogP contribution in [0.15, 0.2) is 45.8 Å². The number of anilines is 1. The Kier molecular flexibility index (Phi) is 5.36. The van der Waals surface area contributed by atoms with E-state index < -0.39 is 42.6 Å². The van der Waals surface area contributed by atoms with Crippen LogP contribution in [0.3, 0.4) is 0 Å². The lowest BCUT2D eigenvalue weighted by molar-refractivity contribution is -0.115. The maximum atomic E-state index is 12.8. The second-order valence-corrected chi connectivity index (χ2v) is 10.7. The van der Waals surface area contributed by atoms with Gasteiger partial charge in [0.15, 0.2) is 25.5 Å². The molecule has 1 aliphatic heterocycles. The van der Waals surface area contributed by atoms with Gasteiger partial charge in [-0.15, -0.1) is 0 Å². The zero-order chi connectivity index (χ0) is 19.7. The summed E-state index contributed by atoms with van der Waals surface area (Å²) in [6.45, 7) is 1.41. The number of aryl methyl sites for hydroxylation is 1. The molecule has 27 heavy (non-hydrogen) atoms. The van der Waals surface area contributed by atoms with E-state index in [1.165, 1.54) is 18.2 Å². The summed E-state index contributed by atoms with van der Waals surface area (Å²) in [7, 11) is -7.40. The van der Waals surface area contributed by atoms with Gasteiger partial charge >= 0.3 is 0 Å². The highest BCUT2D eigenvalue weighted by atomic mass is 32.2. The minimum absolute atomic E-state index is 0.0569. The summed E-state index contributed by atoms with van der Waals surface area (Å²) >= 11 is 0. The monoisotopic (exact) mass is 413 g/mol. The first kappa shape index (κ1) is 19.5. The Hall–Kier alpha value is -2.24. The highest BCUT2D eigenvalue weighted by Gasteiger charge is 2.45. The molecule has 146 valence electrons. The second kappa shape index (κ2) is 7.41. The number of carbonyl (C=O) groups excluding carboxylic acids is 1. The van der Waals surface area contributed by atoms with Crippen LogP contribution in [-0.2, 0) is 24.5 Å². The van der Waals surface area contributed by atoms with Crippen molar-refractivity contribution in [3.63, 3.8) is 0 Å². The fourth-order valence-electron chi connectivity index (χ4n) is 2.93. The normalized spacial score (nSPS) is 21.8. The molecule has 1 aliphatic rings. The van der Waals surface area contributed by atoms with Crippen LogP contribution in [0.5, 0.6) is 0 Å². The molecule has 9 nitrogen and oxygen atoms in total. The van der Waals surface area contributed by atoms with Gasteiger partial charge in [0.2, 0.25) is 5.91 Å². The lowest BCUT2D eigenvalue weighted by atomic mass is 10.2. The van der Waals surface area contributed by atoms with Gasteiger partial charge in [0.25, 0.3) is 0 Å². The van der Waals surface area contributed by atoms with Crippen LogP contribution >= 0.6 is 0 Å². The summed E-state index contributed by atoms with van der Waals surface area (Å²) in [6, 6.07) is 8.33. The van der Waals surface area contributed by atoms with E-state index in [4.69, 9.17) is 4.52 Å². The zero-order valence-electron chi connectivity index (χ0n) is 14.5. The Morgan fingerprint density at radius 2 is 1.96 bits per heavy atom. The Labute approximate surface area is 157 Å². The molecule has 1 amide bonds. The van der Waals surface area contributed by atoms with Gasteiger partial charge in [-0.2, -0.15) is 0 Å². The summed E-state index contributed by atoms with van der Waals surface area (Å²) in [5, 5.41) is 7.71. The summed E-state index contributed by atoms with van der Waals surface area (Å²) in [6.07, 6.45) is 0. The molecule has 3 rings (SSSR count). The van der Waals surface area contributed by atoms with Gasteiger partial charge in [0.1, 0.15) is 5.76 Å². The van der Waals surface area contributed by atoms with Gasteiger partial charge in [0, 0.05) is 12.1 Å². The van der Waals surface area contributed by atoms with E-state index in [1.54, 1.807) is 25.1 Å². The van der Waals surface area contributed by atoms with Gasteiger partial charge in [-0.1, -0.05) is 23.4 Å². The van der Waals surface area contributed by atoms with Gasteiger partial charge in [-0.05, 0) is 19.1 Å². The first-order chi connectivity index (χ1) is 12.7. The van der Waals surface area contributed by atoms with Crippen molar-refractivity contribution in [2.45, 2.75) is 23.1 Å². The summed E-state index contributed by atoms with van der Waals surface area (Å²) < 4.78 is 54.6. The second-order valence-electron chi connectivity index (χ2n) is 6.33. The van der Waals surface area contributed by atoms with Crippen molar-refractivity contribution in [2.75, 3.05) is 23.4 Å². The molecule has 1 aromatic heterocycles. The number of amides is 1. The molecule has 1 aromatic carbocycles. The molecule has 1 fully saturated rings. The molecule has 0 bridgehead atoms. The van der Waals surface area contributed by atoms with Crippen LogP contribution in [0.4, 0.5) is 5.82 Å². The van der Waals surface area contributed by atoms with Gasteiger partial charge in [-0.25, -0.2) is 16.8 Å². The number of carbonyl (C=O) groups is 1. The van der Waals surface area contributed by atoms with Crippen molar-refractivity contribution in [3.8, 4) is 0 Å². The summed E-state index contributed by atoms with van der Waals surface area (Å²) in [5.74, 6) is -0.559.